The molecule has 3 nitrogen and oxygen atoms in total. The number of nitrogens with zero attached hydrogens (tertiary/aromatic N) is 3. The predicted molar refractivity (Wildman–Crippen MR) is 204 cm³/mol. The Morgan fingerprint density at radius 1 is 0.872 bits per heavy atom. The highest BCUT2D eigenvalue weighted by molar-refractivity contribution is 6.18. The minimum absolute atomic E-state index is 0.00821. The molecule has 0 fully saturated rings. The Kier molecular flexibility index (Phi) is 8.05. The molecule has 47 heavy (non-hydrogen) atoms. The maximum atomic E-state index is 5.06. The van der Waals surface area contributed by atoms with Gasteiger partial charge in [-0.05, 0) is 105 Å². The normalized spacial score (nSPS) is 18.3. The summed E-state index contributed by atoms with van der Waals surface area (Å²) < 4.78 is 0. The first-order chi connectivity index (χ1) is 23.0. The van der Waals surface area contributed by atoms with Gasteiger partial charge in [0, 0.05) is 23.3 Å². The van der Waals surface area contributed by atoms with Crippen molar-refractivity contribution in [2.75, 3.05) is 11.4 Å². The molecule has 0 aromatic heterocycles. The molecule has 1 unspecified atom stereocenters. The van der Waals surface area contributed by atoms with E-state index >= 15 is 0 Å². The number of allylic oxidation sites excluding steroid dienone is 6. The van der Waals surface area contributed by atoms with Crippen molar-refractivity contribution in [2.45, 2.75) is 26.3 Å². The molecule has 230 valence electrons. The largest absolute Gasteiger partial charge is 0.331 e. The standard InChI is InChI=1S/C44H39N3/c1-6-28-46-29-40(45-42(46)8-3)36(7-2)38-27-22-34-21-26-37(39-25-18-30(4)43(38)44(34)39)32-19-23-35(24-20-32)47-31(5)14-10-9-11-15-33-16-12-13-17-41(33)47/h6-14,16-28,40H,3-5,15,29H2,1-2H3/b11-9-,14-10-,28-6-,36-7+. The van der Waals surface area contributed by atoms with Crippen molar-refractivity contribution in [1.29, 1.82) is 0 Å². The summed E-state index contributed by atoms with van der Waals surface area (Å²) in [6.45, 7) is 17.9. The van der Waals surface area contributed by atoms with Crippen LogP contribution in [0.3, 0.4) is 0 Å². The van der Waals surface area contributed by atoms with Gasteiger partial charge in [-0.15, -0.1) is 0 Å². The van der Waals surface area contributed by atoms with E-state index in [1.165, 1.54) is 49.4 Å². The first-order valence-corrected chi connectivity index (χ1v) is 16.3. The van der Waals surface area contributed by atoms with E-state index in [-0.39, 0.29) is 6.04 Å². The van der Waals surface area contributed by atoms with E-state index in [1.807, 2.05) is 19.1 Å². The van der Waals surface area contributed by atoms with Crippen LogP contribution in [0.5, 0.6) is 0 Å². The van der Waals surface area contributed by atoms with Crippen molar-refractivity contribution in [1.82, 2.24) is 4.90 Å². The van der Waals surface area contributed by atoms with Crippen LogP contribution >= 0.6 is 0 Å². The molecular formula is C44H39N3. The second kappa shape index (κ2) is 12.6. The molecule has 2 aliphatic heterocycles. The van der Waals surface area contributed by atoms with Gasteiger partial charge in [0.05, 0.1) is 12.6 Å². The molecule has 0 radical (unpaired) electrons. The molecule has 0 N–H and O–H groups in total. The Labute approximate surface area is 277 Å². The lowest BCUT2D eigenvalue weighted by atomic mass is 9.87. The highest BCUT2D eigenvalue weighted by atomic mass is 15.2. The Balaban J connectivity index is 1.32. The number of amidine groups is 1. The molecule has 2 aliphatic rings. The summed E-state index contributed by atoms with van der Waals surface area (Å²) >= 11 is 0. The molecule has 0 bridgehead atoms. The highest BCUT2D eigenvalue weighted by Crippen LogP contribution is 2.40. The zero-order chi connectivity index (χ0) is 32.5. The van der Waals surface area contributed by atoms with E-state index in [0.717, 1.165) is 41.1 Å². The van der Waals surface area contributed by atoms with Gasteiger partial charge < -0.3 is 9.80 Å². The van der Waals surface area contributed by atoms with E-state index < -0.39 is 0 Å². The molecule has 7 rings (SSSR count). The number of hydrogen-bond donors (Lipinski definition) is 0. The molecule has 0 saturated heterocycles. The predicted octanol–water partition coefficient (Wildman–Crippen LogP) is 10.3. The van der Waals surface area contributed by atoms with Crippen LogP contribution in [0.25, 0.3) is 44.8 Å². The molecule has 3 heteroatoms. The molecule has 2 heterocycles. The SMILES string of the molecule is C=CC1=NC(/C(=C/C)c2ccc3ccc(-c4ccc(N5C(=C)/C=C\C=C/Cc6ccccc65)cc4)c4ccc(=C)c2c34)CN1/C=C\C. The molecule has 0 spiro atoms. The number of benzene rings is 5. The van der Waals surface area contributed by atoms with Crippen molar-refractivity contribution in [3.8, 4) is 11.1 Å². The highest BCUT2D eigenvalue weighted by Gasteiger charge is 2.27. The summed E-state index contributed by atoms with van der Waals surface area (Å²) in [5, 5.41) is 5.89. The summed E-state index contributed by atoms with van der Waals surface area (Å²) in [5.74, 6) is 0.901. The molecule has 0 saturated carbocycles. The monoisotopic (exact) mass is 609 g/mol. The van der Waals surface area contributed by atoms with E-state index in [0.29, 0.717) is 0 Å². The lowest BCUT2D eigenvalue weighted by Gasteiger charge is -2.27. The van der Waals surface area contributed by atoms with Gasteiger partial charge in [0.1, 0.15) is 5.84 Å². The Morgan fingerprint density at radius 3 is 2.47 bits per heavy atom. The average Bonchev–Trinajstić information content (AvgIpc) is 3.53. The third-order valence-electron chi connectivity index (χ3n) is 9.27. The van der Waals surface area contributed by atoms with Gasteiger partial charge in [-0.3, -0.25) is 4.99 Å². The van der Waals surface area contributed by atoms with Crippen molar-refractivity contribution in [3.05, 3.63) is 169 Å². The van der Waals surface area contributed by atoms with Crippen LogP contribution in [-0.4, -0.2) is 23.3 Å². The zero-order valence-corrected chi connectivity index (χ0v) is 27.2. The fraction of sp³-hybridized carbons (Fsp3) is 0.114. The number of hydrogen-bond acceptors (Lipinski definition) is 3. The average molecular weight is 610 g/mol. The molecule has 0 aliphatic carbocycles. The van der Waals surface area contributed by atoms with Gasteiger partial charge in [-0.25, -0.2) is 0 Å². The Bertz CT molecular complexity index is 2230. The second-order valence-corrected chi connectivity index (χ2v) is 12.1. The van der Waals surface area contributed by atoms with E-state index in [1.54, 1.807) is 0 Å². The van der Waals surface area contributed by atoms with Gasteiger partial charge in [0.25, 0.3) is 0 Å². The summed E-state index contributed by atoms with van der Waals surface area (Å²) in [4.78, 5) is 9.48. The molecule has 0 amide bonds. The van der Waals surface area contributed by atoms with Gasteiger partial charge in [0.2, 0.25) is 0 Å². The molecule has 5 aromatic rings. The minimum atomic E-state index is 0.00821. The number of rotatable bonds is 6. The molecular weight excluding hydrogens is 571 g/mol. The lowest BCUT2D eigenvalue weighted by Crippen LogP contribution is -2.23. The summed E-state index contributed by atoms with van der Waals surface area (Å²) in [6, 6.07) is 30.8. The lowest BCUT2D eigenvalue weighted by molar-refractivity contribution is 0.583. The third kappa shape index (κ3) is 5.34. The Hall–Kier alpha value is -5.67. The number of aliphatic imine (C=N–C) groups is 1. The maximum absolute atomic E-state index is 5.06. The second-order valence-electron chi connectivity index (χ2n) is 12.1. The van der Waals surface area contributed by atoms with E-state index in [2.05, 4.69) is 158 Å². The van der Waals surface area contributed by atoms with Gasteiger partial charge in [0.15, 0.2) is 0 Å². The van der Waals surface area contributed by atoms with Crippen LogP contribution in [0.2, 0.25) is 0 Å². The molecule has 1 atom stereocenters. The summed E-state index contributed by atoms with van der Waals surface area (Å²) in [6.07, 6.45) is 17.5. The van der Waals surface area contributed by atoms with Gasteiger partial charge in [-0.1, -0.05) is 117 Å². The van der Waals surface area contributed by atoms with Gasteiger partial charge in [-0.2, -0.15) is 0 Å². The van der Waals surface area contributed by atoms with Crippen molar-refractivity contribution in [2.24, 2.45) is 4.99 Å². The van der Waals surface area contributed by atoms with Crippen molar-refractivity contribution >= 4 is 50.9 Å². The van der Waals surface area contributed by atoms with E-state index in [4.69, 9.17) is 4.99 Å². The third-order valence-corrected chi connectivity index (χ3v) is 9.27. The number of fused-ring (bicyclic) bond motifs is 1. The fourth-order valence-electron chi connectivity index (χ4n) is 7.11. The van der Waals surface area contributed by atoms with Crippen molar-refractivity contribution in [3.63, 3.8) is 0 Å². The smallest absolute Gasteiger partial charge is 0.127 e. The quantitative estimate of drug-likeness (QED) is 0.191. The zero-order valence-electron chi connectivity index (χ0n) is 27.2. The summed E-state index contributed by atoms with van der Waals surface area (Å²) in [7, 11) is 0. The van der Waals surface area contributed by atoms with Crippen LogP contribution in [0.15, 0.2) is 158 Å². The summed E-state index contributed by atoms with van der Waals surface area (Å²) in [5.41, 5.74) is 9.20. The topological polar surface area (TPSA) is 18.8 Å². The molecule has 5 aromatic carbocycles. The minimum Gasteiger partial charge on any atom is -0.331 e. The van der Waals surface area contributed by atoms with Crippen LogP contribution < -0.4 is 10.1 Å². The first-order valence-electron chi connectivity index (χ1n) is 16.3. The van der Waals surface area contributed by atoms with Crippen LogP contribution in [0.1, 0.15) is 25.0 Å². The van der Waals surface area contributed by atoms with Crippen molar-refractivity contribution < 1.29 is 0 Å². The number of anilines is 2. The van der Waals surface area contributed by atoms with Crippen LogP contribution in [0, 0.1) is 0 Å². The van der Waals surface area contributed by atoms with Gasteiger partial charge >= 0.3 is 0 Å². The Morgan fingerprint density at radius 2 is 1.68 bits per heavy atom. The van der Waals surface area contributed by atoms with Crippen LogP contribution in [0.4, 0.5) is 11.4 Å². The maximum Gasteiger partial charge on any atom is 0.127 e. The van der Waals surface area contributed by atoms with E-state index in [9.17, 15) is 0 Å². The number of para-hydroxylation sites is 1. The first kappa shape index (κ1) is 30.0. The van der Waals surface area contributed by atoms with Crippen LogP contribution in [-0.2, 0) is 6.42 Å². The fourth-order valence-corrected chi connectivity index (χ4v) is 7.11.